The maximum atomic E-state index is 10.4. The Labute approximate surface area is 122 Å². The summed E-state index contributed by atoms with van der Waals surface area (Å²) in [5.74, 6) is -0.312. The summed E-state index contributed by atoms with van der Waals surface area (Å²) in [7, 11) is 4.15. The molecule has 0 aromatic heterocycles. The summed E-state index contributed by atoms with van der Waals surface area (Å²) in [4.78, 5) is 12.6. The molecule has 4 heteroatoms. The zero-order valence-electron chi connectivity index (χ0n) is 12.2. The highest BCUT2D eigenvalue weighted by molar-refractivity contribution is 5.86. The molecule has 0 spiro atoms. The molecule has 0 heterocycles. The van der Waals surface area contributed by atoms with E-state index in [1.54, 1.807) is 13.8 Å². The van der Waals surface area contributed by atoms with Gasteiger partial charge in [0.2, 0.25) is 0 Å². The second-order valence-corrected chi connectivity index (χ2v) is 4.22. The first-order valence-electron chi connectivity index (χ1n) is 5.98. The van der Waals surface area contributed by atoms with Crippen LogP contribution in [-0.2, 0) is 16.1 Å². The van der Waals surface area contributed by atoms with E-state index in [4.69, 9.17) is 0 Å². The third-order valence-corrected chi connectivity index (χ3v) is 1.97. The van der Waals surface area contributed by atoms with Crippen molar-refractivity contribution in [2.24, 2.45) is 0 Å². The van der Waals surface area contributed by atoms with Gasteiger partial charge in [-0.05, 0) is 33.5 Å². The van der Waals surface area contributed by atoms with Crippen LogP contribution in [-0.4, -0.2) is 31.6 Å². The van der Waals surface area contributed by atoms with E-state index < -0.39 is 0 Å². The van der Waals surface area contributed by atoms with Gasteiger partial charge in [-0.1, -0.05) is 36.9 Å². The monoisotopic (exact) mass is 285 g/mol. The smallest absolute Gasteiger partial charge is 0.333 e. The maximum absolute atomic E-state index is 10.4. The predicted molar refractivity (Wildman–Crippen MR) is 82.5 cm³/mol. The Morgan fingerprint density at radius 2 is 1.79 bits per heavy atom. The molecule has 108 valence electrons. The van der Waals surface area contributed by atoms with E-state index in [1.165, 1.54) is 5.56 Å². The molecule has 0 saturated heterocycles. The molecule has 3 nitrogen and oxygen atoms in total. The summed E-state index contributed by atoms with van der Waals surface area (Å²) in [6.07, 6.45) is 0. The molecule has 0 N–H and O–H groups in total. The van der Waals surface area contributed by atoms with Crippen molar-refractivity contribution in [3.05, 3.63) is 48.0 Å². The Morgan fingerprint density at radius 3 is 2.11 bits per heavy atom. The Bertz CT molecular complexity index is 364. The number of hydrogen-bond acceptors (Lipinski definition) is 3. The highest BCUT2D eigenvalue weighted by Gasteiger charge is 1.98. The van der Waals surface area contributed by atoms with Crippen LogP contribution < -0.4 is 0 Å². The topological polar surface area (TPSA) is 29.5 Å². The van der Waals surface area contributed by atoms with Gasteiger partial charge in [-0.15, -0.1) is 12.4 Å². The quantitative estimate of drug-likeness (QED) is 0.628. The average Bonchev–Trinajstić information content (AvgIpc) is 2.30. The molecule has 0 atom stereocenters. The van der Waals surface area contributed by atoms with Crippen molar-refractivity contribution < 1.29 is 9.53 Å². The van der Waals surface area contributed by atoms with E-state index in [9.17, 15) is 4.79 Å². The third-order valence-electron chi connectivity index (χ3n) is 1.97. The Balaban J connectivity index is 0. The Morgan fingerprint density at radius 1 is 1.26 bits per heavy atom. The minimum Gasteiger partial charge on any atom is -0.463 e. The fourth-order valence-corrected chi connectivity index (χ4v) is 1.20. The number of esters is 1. The van der Waals surface area contributed by atoms with Crippen molar-refractivity contribution in [3.8, 4) is 0 Å². The van der Waals surface area contributed by atoms with E-state index in [0.29, 0.717) is 12.2 Å². The predicted octanol–water partition coefficient (Wildman–Crippen LogP) is 3.30. The van der Waals surface area contributed by atoms with Gasteiger partial charge in [-0.3, -0.25) is 0 Å². The van der Waals surface area contributed by atoms with Gasteiger partial charge in [-0.2, -0.15) is 0 Å². The van der Waals surface area contributed by atoms with E-state index in [2.05, 4.69) is 54.6 Å². The minimum atomic E-state index is -0.312. The van der Waals surface area contributed by atoms with Gasteiger partial charge in [0.05, 0.1) is 6.61 Å². The van der Waals surface area contributed by atoms with Crippen molar-refractivity contribution in [2.45, 2.75) is 20.4 Å². The molecular weight excluding hydrogens is 262 g/mol. The lowest BCUT2D eigenvalue weighted by Gasteiger charge is -2.08. The van der Waals surface area contributed by atoms with E-state index >= 15 is 0 Å². The molecule has 0 aliphatic heterocycles. The van der Waals surface area contributed by atoms with E-state index in [0.717, 1.165) is 6.54 Å². The first-order chi connectivity index (χ1) is 8.47. The summed E-state index contributed by atoms with van der Waals surface area (Å²) in [6.45, 7) is 8.24. The normalized spacial score (nSPS) is 8.89. The Hall–Kier alpha value is -1.32. The Kier molecular flexibility index (Phi) is 12.4. The highest BCUT2D eigenvalue weighted by Crippen LogP contribution is 1.99. The van der Waals surface area contributed by atoms with Crippen LogP contribution in [0.2, 0.25) is 0 Å². The molecule has 1 aromatic carbocycles. The number of nitrogens with zero attached hydrogens (tertiary/aromatic N) is 1. The SMILES string of the molecule is C=C(C)C(=O)OCC.CN(C)Cc1ccccc1.Cl. The molecule has 0 aliphatic rings. The summed E-state index contributed by atoms with van der Waals surface area (Å²) in [6, 6.07) is 10.5. The number of benzene rings is 1. The first kappa shape index (κ1) is 20.0. The van der Waals surface area contributed by atoms with Gasteiger partial charge in [0, 0.05) is 12.1 Å². The van der Waals surface area contributed by atoms with Gasteiger partial charge in [-0.25, -0.2) is 4.79 Å². The van der Waals surface area contributed by atoms with Crippen molar-refractivity contribution in [2.75, 3.05) is 20.7 Å². The standard InChI is InChI=1S/C9H13N.C6H10O2.ClH/c1-10(2)8-9-6-4-3-5-7-9;1-4-8-6(7)5(2)3;/h3-7H,8H2,1-2H3;2,4H2,1,3H3;1H. The van der Waals surface area contributed by atoms with Crippen LogP contribution in [0.15, 0.2) is 42.5 Å². The van der Waals surface area contributed by atoms with Gasteiger partial charge in [0.15, 0.2) is 0 Å². The number of carbonyl (C=O) groups excluding carboxylic acids is 1. The van der Waals surface area contributed by atoms with Gasteiger partial charge in [0.25, 0.3) is 0 Å². The number of carbonyl (C=O) groups is 1. The van der Waals surface area contributed by atoms with Crippen LogP contribution in [0.25, 0.3) is 0 Å². The fourth-order valence-electron chi connectivity index (χ4n) is 1.20. The number of rotatable bonds is 4. The maximum Gasteiger partial charge on any atom is 0.333 e. The lowest BCUT2D eigenvalue weighted by molar-refractivity contribution is -0.138. The lowest BCUT2D eigenvalue weighted by Crippen LogP contribution is -2.10. The van der Waals surface area contributed by atoms with E-state index in [1.807, 2.05) is 6.07 Å². The molecule has 0 saturated carbocycles. The second-order valence-electron chi connectivity index (χ2n) is 4.22. The molecule has 0 bridgehead atoms. The molecule has 1 rings (SSSR count). The molecule has 0 aliphatic carbocycles. The zero-order valence-corrected chi connectivity index (χ0v) is 13.0. The number of halogens is 1. The molecule has 0 radical (unpaired) electrons. The van der Waals surface area contributed by atoms with Gasteiger partial charge in [0.1, 0.15) is 0 Å². The van der Waals surface area contributed by atoms with Crippen LogP contribution >= 0.6 is 12.4 Å². The summed E-state index contributed by atoms with van der Waals surface area (Å²) in [5, 5.41) is 0. The molecule has 19 heavy (non-hydrogen) atoms. The van der Waals surface area contributed by atoms with Crippen molar-refractivity contribution in [3.63, 3.8) is 0 Å². The first-order valence-corrected chi connectivity index (χ1v) is 5.98. The molecule has 0 amide bonds. The third kappa shape index (κ3) is 11.5. The van der Waals surface area contributed by atoms with Gasteiger partial charge >= 0.3 is 5.97 Å². The highest BCUT2D eigenvalue weighted by atomic mass is 35.5. The second kappa shape index (κ2) is 11.8. The van der Waals surface area contributed by atoms with Crippen LogP contribution in [0.5, 0.6) is 0 Å². The molecule has 1 aromatic rings. The summed E-state index contributed by atoms with van der Waals surface area (Å²) >= 11 is 0. The molecule has 0 unspecified atom stereocenters. The molecule has 0 fully saturated rings. The average molecular weight is 286 g/mol. The number of hydrogen-bond donors (Lipinski definition) is 0. The minimum absolute atomic E-state index is 0. The molecular formula is C15H24ClNO2. The van der Waals surface area contributed by atoms with E-state index in [-0.39, 0.29) is 18.4 Å². The van der Waals surface area contributed by atoms with Crippen molar-refractivity contribution >= 4 is 18.4 Å². The number of ether oxygens (including phenoxy) is 1. The largest absolute Gasteiger partial charge is 0.463 e. The lowest BCUT2D eigenvalue weighted by atomic mass is 10.2. The van der Waals surface area contributed by atoms with Crippen molar-refractivity contribution in [1.82, 2.24) is 4.90 Å². The summed E-state index contributed by atoms with van der Waals surface area (Å²) in [5.41, 5.74) is 1.82. The van der Waals surface area contributed by atoms with Crippen molar-refractivity contribution in [1.29, 1.82) is 0 Å². The zero-order chi connectivity index (χ0) is 14.0. The van der Waals surface area contributed by atoms with Crippen LogP contribution in [0, 0.1) is 0 Å². The van der Waals surface area contributed by atoms with Gasteiger partial charge < -0.3 is 9.64 Å². The summed E-state index contributed by atoms with van der Waals surface area (Å²) < 4.78 is 4.56. The fraction of sp³-hybridized carbons (Fsp3) is 0.400. The van der Waals surface area contributed by atoms with Crippen LogP contribution in [0.1, 0.15) is 19.4 Å². The van der Waals surface area contributed by atoms with Crippen LogP contribution in [0.3, 0.4) is 0 Å². The van der Waals surface area contributed by atoms with Crippen LogP contribution in [0.4, 0.5) is 0 Å².